The van der Waals surface area contributed by atoms with Gasteiger partial charge >= 0.3 is 0 Å². The van der Waals surface area contributed by atoms with Gasteiger partial charge in [0.05, 0.1) is 6.61 Å². The van der Waals surface area contributed by atoms with Crippen molar-refractivity contribution in [3.05, 3.63) is 35.9 Å². The predicted octanol–water partition coefficient (Wildman–Crippen LogP) is 1.50. The van der Waals surface area contributed by atoms with Crippen LogP contribution in [0.3, 0.4) is 0 Å². The molecule has 1 heterocycles. The van der Waals surface area contributed by atoms with Crippen LogP contribution >= 0.6 is 0 Å². The van der Waals surface area contributed by atoms with Gasteiger partial charge in [-0.3, -0.25) is 4.90 Å². The lowest BCUT2D eigenvalue weighted by atomic mass is 10.1. The van der Waals surface area contributed by atoms with Gasteiger partial charge in [0.1, 0.15) is 0 Å². The molecule has 1 saturated heterocycles. The average molecular weight is 249 g/mol. The van der Waals surface area contributed by atoms with Crippen molar-refractivity contribution in [3.63, 3.8) is 0 Å². The number of aliphatic hydroxyl groups is 2. The van der Waals surface area contributed by atoms with E-state index in [1.165, 1.54) is 18.5 Å². The average Bonchev–Trinajstić information content (AvgIpc) is 3.04. The molecule has 0 bridgehead atoms. The second-order valence-electron chi connectivity index (χ2n) is 5.14. The van der Waals surface area contributed by atoms with E-state index in [0.717, 1.165) is 18.4 Å². The minimum Gasteiger partial charge on any atom is -0.397 e. The Bertz CT molecular complexity index is 355. The molecule has 1 aromatic rings. The summed E-state index contributed by atoms with van der Waals surface area (Å²) in [4.78, 5) is 2.44. The molecule has 1 aliphatic carbocycles. The van der Waals surface area contributed by atoms with Crippen molar-refractivity contribution in [1.29, 1.82) is 0 Å². The van der Waals surface area contributed by atoms with Crippen LogP contribution in [0.2, 0.25) is 0 Å². The molecule has 2 aliphatic rings. The van der Waals surface area contributed by atoms with Crippen molar-refractivity contribution < 1.29 is 10.2 Å². The molecule has 3 nitrogen and oxygen atoms in total. The first-order valence-corrected chi connectivity index (χ1v) is 6.79. The highest BCUT2D eigenvalue weighted by Crippen LogP contribution is 2.49. The van der Waals surface area contributed by atoms with E-state index in [2.05, 4.69) is 35.2 Å². The molecule has 100 valence electrons. The summed E-state index contributed by atoms with van der Waals surface area (Å²) in [6, 6.07) is 11.0. The zero-order chi connectivity index (χ0) is 13.0. The summed E-state index contributed by atoms with van der Waals surface area (Å²) in [5, 5.41) is 16.9. The van der Waals surface area contributed by atoms with E-state index in [9.17, 15) is 5.11 Å². The Labute approximate surface area is 109 Å². The normalized spacial score (nSPS) is 29.4. The van der Waals surface area contributed by atoms with E-state index in [4.69, 9.17) is 5.11 Å². The summed E-state index contributed by atoms with van der Waals surface area (Å²) in [7, 11) is 0. The van der Waals surface area contributed by atoms with Crippen molar-refractivity contribution in [2.75, 3.05) is 19.8 Å². The fourth-order valence-corrected chi connectivity index (χ4v) is 2.91. The third-order valence-electron chi connectivity index (χ3n) is 3.83. The summed E-state index contributed by atoms with van der Waals surface area (Å²) in [6.07, 6.45) is 1.34. The topological polar surface area (TPSA) is 43.7 Å². The Morgan fingerprint density at radius 1 is 1.22 bits per heavy atom. The summed E-state index contributed by atoms with van der Waals surface area (Å²) in [5.74, 6) is 1.67. The second kappa shape index (κ2) is 6.32. The molecule has 0 aromatic heterocycles. The molecule has 18 heavy (non-hydrogen) atoms. The van der Waals surface area contributed by atoms with Gasteiger partial charge in [0.25, 0.3) is 0 Å². The molecule has 1 saturated carbocycles. The van der Waals surface area contributed by atoms with Gasteiger partial charge in [0.15, 0.2) is 0 Å². The van der Waals surface area contributed by atoms with Gasteiger partial charge in [0.2, 0.25) is 0 Å². The lowest BCUT2D eigenvalue weighted by Crippen LogP contribution is -2.35. The van der Waals surface area contributed by atoms with E-state index in [1.807, 2.05) is 0 Å². The molecule has 0 radical (unpaired) electrons. The number of nitrogens with zero attached hydrogens (tertiary/aromatic N) is 1. The van der Waals surface area contributed by atoms with E-state index in [1.54, 1.807) is 6.92 Å². The lowest BCUT2D eigenvalue weighted by Gasteiger charge is -2.25. The van der Waals surface area contributed by atoms with Crippen molar-refractivity contribution >= 4 is 0 Å². The maximum absolute atomic E-state index is 9.37. The first kappa shape index (κ1) is 13.5. The summed E-state index contributed by atoms with van der Waals surface area (Å²) in [5.41, 5.74) is 1.36. The lowest BCUT2D eigenvalue weighted by molar-refractivity contribution is 0.131. The highest BCUT2D eigenvalue weighted by atomic mass is 16.3. The third-order valence-corrected chi connectivity index (χ3v) is 3.83. The smallest absolute Gasteiger partial charge is 0.0589 e. The van der Waals surface area contributed by atoms with Crippen LogP contribution in [0, 0.1) is 11.8 Å². The third kappa shape index (κ3) is 3.10. The van der Waals surface area contributed by atoms with Crippen molar-refractivity contribution in [3.8, 4) is 0 Å². The van der Waals surface area contributed by atoms with Gasteiger partial charge < -0.3 is 10.2 Å². The van der Waals surface area contributed by atoms with Gasteiger partial charge in [-0.05, 0) is 30.7 Å². The Morgan fingerprint density at radius 3 is 2.50 bits per heavy atom. The highest BCUT2D eigenvalue weighted by Gasteiger charge is 2.51. The van der Waals surface area contributed by atoms with Crippen molar-refractivity contribution in [2.24, 2.45) is 11.8 Å². The number of aliphatic hydroxyl groups excluding tert-OH is 2. The number of hydrogen-bond acceptors (Lipinski definition) is 3. The molecule has 1 aliphatic heterocycles. The molecule has 3 unspecified atom stereocenters. The van der Waals surface area contributed by atoms with Crippen LogP contribution in [-0.4, -0.2) is 40.9 Å². The molecule has 1 aromatic carbocycles. The Morgan fingerprint density at radius 2 is 1.89 bits per heavy atom. The standard InChI is InChI=1S/C13H17NO.C2H6O/c15-9-13-12-6-11(12)8-14(13)7-10-4-2-1-3-5-10;1-2-3/h1-5,11-13,15H,6-9H2;3H,2H2,1H3. The number of piperidine rings is 1. The van der Waals surface area contributed by atoms with E-state index in [-0.39, 0.29) is 6.61 Å². The zero-order valence-corrected chi connectivity index (χ0v) is 11.0. The molecule has 3 rings (SSSR count). The number of fused-ring (bicyclic) bond motifs is 1. The monoisotopic (exact) mass is 249 g/mol. The molecule has 3 heteroatoms. The molecule has 0 spiro atoms. The number of likely N-dealkylation sites (tertiary alicyclic amines) is 1. The maximum Gasteiger partial charge on any atom is 0.0589 e. The van der Waals surface area contributed by atoms with Crippen LogP contribution in [0.25, 0.3) is 0 Å². The van der Waals surface area contributed by atoms with E-state index < -0.39 is 0 Å². The Balaban J connectivity index is 0.000000367. The van der Waals surface area contributed by atoms with Crippen LogP contribution in [0.4, 0.5) is 0 Å². The van der Waals surface area contributed by atoms with E-state index >= 15 is 0 Å². The molecular weight excluding hydrogens is 226 g/mol. The van der Waals surface area contributed by atoms with Gasteiger partial charge in [-0.2, -0.15) is 0 Å². The fourth-order valence-electron chi connectivity index (χ4n) is 2.91. The quantitative estimate of drug-likeness (QED) is 0.853. The fraction of sp³-hybridized carbons (Fsp3) is 0.600. The van der Waals surface area contributed by atoms with Gasteiger partial charge in [0, 0.05) is 25.7 Å². The zero-order valence-electron chi connectivity index (χ0n) is 11.0. The Hall–Kier alpha value is -0.900. The summed E-state index contributed by atoms with van der Waals surface area (Å²) >= 11 is 0. The minimum atomic E-state index is 0.250. The SMILES string of the molecule is CCO.OCC1C2CC2CN1Cc1ccccc1. The predicted molar refractivity (Wildman–Crippen MR) is 72.1 cm³/mol. The Kier molecular flexibility index (Phi) is 4.75. The van der Waals surface area contributed by atoms with Crippen molar-refractivity contribution in [1.82, 2.24) is 4.90 Å². The van der Waals surface area contributed by atoms with Gasteiger partial charge in [-0.25, -0.2) is 0 Å². The number of hydrogen-bond donors (Lipinski definition) is 2. The molecule has 2 N–H and O–H groups in total. The first-order valence-electron chi connectivity index (χ1n) is 6.79. The minimum absolute atomic E-state index is 0.250. The van der Waals surface area contributed by atoms with E-state index in [0.29, 0.717) is 12.6 Å². The van der Waals surface area contributed by atoms with Crippen LogP contribution < -0.4 is 0 Å². The number of benzene rings is 1. The molecule has 2 fully saturated rings. The number of rotatable bonds is 3. The van der Waals surface area contributed by atoms with Crippen LogP contribution in [0.15, 0.2) is 30.3 Å². The maximum atomic E-state index is 9.37. The first-order chi connectivity index (χ1) is 8.80. The van der Waals surface area contributed by atoms with Crippen LogP contribution in [-0.2, 0) is 6.54 Å². The largest absolute Gasteiger partial charge is 0.397 e. The highest BCUT2D eigenvalue weighted by molar-refractivity contribution is 5.16. The summed E-state index contributed by atoms with van der Waals surface area (Å²) < 4.78 is 0. The van der Waals surface area contributed by atoms with Crippen LogP contribution in [0.1, 0.15) is 18.9 Å². The van der Waals surface area contributed by atoms with Gasteiger partial charge in [-0.1, -0.05) is 30.3 Å². The molecule has 3 atom stereocenters. The molecular formula is C15H23NO2. The van der Waals surface area contributed by atoms with Crippen molar-refractivity contribution in [2.45, 2.75) is 25.9 Å². The van der Waals surface area contributed by atoms with Crippen LogP contribution in [0.5, 0.6) is 0 Å². The molecule has 0 amide bonds. The second-order valence-corrected chi connectivity index (χ2v) is 5.14. The van der Waals surface area contributed by atoms with Gasteiger partial charge in [-0.15, -0.1) is 0 Å². The summed E-state index contributed by atoms with van der Waals surface area (Å²) in [6.45, 7) is 4.44.